The van der Waals surface area contributed by atoms with Gasteiger partial charge in [0, 0.05) is 6.04 Å². The molecular weight excluding hydrogens is 265 g/mol. The fourth-order valence-corrected chi connectivity index (χ4v) is 2.34. The fourth-order valence-electron chi connectivity index (χ4n) is 1.53. The molecular formula is C14H22FNO2S. The first-order valence-corrected chi connectivity index (χ1v) is 7.43. The molecule has 1 unspecified atom stereocenters. The summed E-state index contributed by atoms with van der Waals surface area (Å²) in [5.41, 5.74) is 1.29. The molecule has 0 saturated carbocycles. The third-order valence-electron chi connectivity index (χ3n) is 2.77. The lowest BCUT2D eigenvalue weighted by Gasteiger charge is -2.22. The highest BCUT2D eigenvalue weighted by Crippen LogP contribution is 2.22. The number of aliphatic hydroxyl groups is 1. The Bertz CT molecular complexity index is 445. The number of benzene rings is 1. The van der Waals surface area contributed by atoms with Gasteiger partial charge >= 0.3 is 0 Å². The van der Waals surface area contributed by atoms with E-state index in [1.165, 1.54) is 0 Å². The second-order valence-electron chi connectivity index (χ2n) is 5.54. The quantitative estimate of drug-likeness (QED) is 0.875. The van der Waals surface area contributed by atoms with Gasteiger partial charge in [-0.15, -0.1) is 0 Å². The van der Waals surface area contributed by atoms with Crippen molar-refractivity contribution < 1.29 is 13.7 Å². The SMILES string of the molecule is C[C@@H](N[S@](=O)C(C)(C)C)c1cccc(C(F)CO)c1. The van der Waals surface area contributed by atoms with E-state index in [0.717, 1.165) is 5.56 Å². The Morgan fingerprint density at radius 1 is 1.37 bits per heavy atom. The van der Waals surface area contributed by atoms with E-state index in [9.17, 15) is 8.60 Å². The molecule has 0 aliphatic heterocycles. The summed E-state index contributed by atoms with van der Waals surface area (Å²) in [4.78, 5) is 0. The van der Waals surface area contributed by atoms with Crippen LogP contribution >= 0.6 is 0 Å². The van der Waals surface area contributed by atoms with Crippen LogP contribution in [0.3, 0.4) is 0 Å². The molecule has 2 N–H and O–H groups in total. The Balaban J connectivity index is 2.83. The fraction of sp³-hybridized carbons (Fsp3) is 0.571. The predicted molar refractivity (Wildman–Crippen MR) is 76.8 cm³/mol. The minimum absolute atomic E-state index is 0.147. The van der Waals surface area contributed by atoms with Crippen LogP contribution in [0.2, 0.25) is 0 Å². The molecule has 0 heterocycles. The van der Waals surface area contributed by atoms with E-state index in [1.807, 2.05) is 33.8 Å². The zero-order valence-corrected chi connectivity index (χ0v) is 12.6. The lowest BCUT2D eigenvalue weighted by atomic mass is 10.0. The smallest absolute Gasteiger partial charge is 0.148 e. The van der Waals surface area contributed by atoms with Gasteiger partial charge in [0.2, 0.25) is 0 Å². The van der Waals surface area contributed by atoms with Crippen LogP contribution in [0.15, 0.2) is 24.3 Å². The third kappa shape index (κ3) is 4.67. The van der Waals surface area contributed by atoms with Crippen LogP contribution in [-0.4, -0.2) is 20.7 Å². The largest absolute Gasteiger partial charge is 0.393 e. The van der Waals surface area contributed by atoms with Crippen molar-refractivity contribution in [1.29, 1.82) is 0 Å². The topological polar surface area (TPSA) is 49.3 Å². The zero-order valence-electron chi connectivity index (χ0n) is 11.8. The van der Waals surface area contributed by atoms with Gasteiger partial charge in [-0.3, -0.25) is 0 Å². The van der Waals surface area contributed by atoms with Gasteiger partial charge in [0.1, 0.15) is 6.17 Å². The number of nitrogens with one attached hydrogen (secondary N) is 1. The maximum absolute atomic E-state index is 13.4. The van der Waals surface area contributed by atoms with Gasteiger partial charge in [0.15, 0.2) is 0 Å². The lowest BCUT2D eigenvalue weighted by molar-refractivity contribution is 0.180. The highest BCUT2D eigenvalue weighted by molar-refractivity contribution is 7.84. The second-order valence-corrected chi connectivity index (χ2v) is 7.54. The van der Waals surface area contributed by atoms with E-state index in [4.69, 9.17) is 5.11 Å². The van der Waals surface area contributed by atoms with Gasteiger partial charge in [0.25, 0.3) is 0 Å². The Morgan fingerprint density at radius 3 is 2.47 bits per heavy atom. The summed E-state index contributed by atoms with van der Waals surface area (Å²) < 4.78 is 28.1. The molecule has 3 nitrogen and oxygen atoms in total. The molecule has 0 radical (unpaired) electrons. The van der Waals surface area contributed by atoms with Crippen molar-refractivity contribution in [3.05, 3.63) is 35.4 Å². The van der Waals surface area contributed by atoms with Crippen molar-refractivity contribution in [3.8, 4) is 0 Å². The van der Waals surface area contributed by atoms with E-state index < -0.39 is 23.8 Å². The summed E-state index contributed by atoms with van der Waals surface area (Å²) in [6, 6.07) is 6.78. The standard InChI is InChI=1S/C14H22FNO2S/c1-10(16-19(18)14(2,3)4)11-6-5-7-12(8-11)13(15)9-17/h5-8,10,13,16-17H,9H2,1-4H3/t10-,13?,19-/m1/s1. The van der Waals surface area contributed by atoms with Crippen LogP contribution in [0.4, 0.5) is 4.39 Å². The first-order valence-electron chi connectivity index (χ1n) is 6.28. The number of aliphatic hydroxyl groups excluding tert-OH is 1. The lowest BCUT2D eigenvalue weighted by Crippen LogP contribution is -2.34. The zero-order chi connectivity index (χ0) is 14.6. The molecule has 0 spiro atoms. The molecule has 1 aromatic carbocycles. The van der Waals surface area contributed by atoms with E-state index in [1.54, 1.807) is 18.2 Å². The molecule has 0 aliphatic carbocycles. The van der Waals surface area contributed by atoms with Crippen LogP contribution < -0.4 is 4.72 Å². The van der Waals surface area contributed by atoms with Crippen molar-refractivity contribution in [2.75, 3.05) is 6.61 Å². The monoisotopic (exact) mass is 287 g/mol. The normalized spacial score (nSPS) is 16.9. The molecule has 3 atom stereocenters. The number of halogens is 1. The molecule has 0 fully saturated rings. The number of alkyl halides is 1. The molecule has 108 valence electrons. The average molecular weight is 287 g/mol. The second kappa shape index (κ2) is 6.59. The number of rotatable bonds is 5. The van der Waals surface area contributed by atoms with E-state index in [2.05, 4.69) is 4.72 Å². The minimum Gasteiger partial charge on any atom is -0.393 e. The Kier molecular flexibility index (Phi) is 5.64. The van der Waals surface area contributed by atoms with Crippen LogP contribution in [0.1, 0.15) is 51.0 Å². The highest BCUT2D eigenvalue weighted by atomic mass is 32.2. The summed E-state index contributed by atoms with van der Waals surface area (Å²) in [7, 11) is -1.18. The van der Waals surface area contributed by atoms with Crippen molar-refractivity contribution in [2.24, 2.45) is 0 Å². The molecule has 0 amide bonds. The first kappa shape index (κ1) is 16.3. The van der Waals surface area contributed by atoms with Crippen LogP contribution in [0.25, 0.3) is 0 Å². The highest BCUT2D eigenvalue weighted by Gasteiger charge is 2.22. The van der Waals surface area contributed by atoms with Crippen LogP contribution in [-0.2, 0) is 11.0 Å². The summed E-state index contributed by atoms with van der Waals surface area (Å²) in [6.07, 6.45) is -1.37. The Labute approximate surface area is 116 Å². The Morgan fingerprint density at radius 2 is 1.95 bits per heavy atom. The average Bonchev–Trinajstić information content (AvgIpc) is 2.36. The van der Waals surface area contributed by atoms with E-state index in [0.29, 0.717) is 5.56 Å². The molecule has 1 rings (SSSR count). The maximum atomic E-state index is 13.4. The van der Waals surface area contributed by atoms with Gasteiger partial charge in [0.05, 0.1) is 22.3 Å². The summed E-state index contributed by atoms with van der Waals surface area (Å²) in [5, 5.41) is 8.83. The first-order chi connectivity index (χ1) is 8.75. The van der Waals surface area contributed by atoms with Gasteiger partial charge in [-0.1, -0.05) is 24.3 Å². The molecule has 5 heteroatoms. The van der Waals surface area contributed by atoms with Crippen molar-refractivity contribution in [3.63, 3.8) is 0 Å². The molecule has 0 aromatic heterocycles. The summed E-state index contributed by atoms with van der Waals surface area (Å²) in [5.74, 6) is 0. The van der Waals surface area contributed by atoms with Gasteiger partial charge in [-0.25, -0.2) is 13.3 Å². The number of hydrogen-bond donors (Lipinski definition) is 2. The number of hydrogen-bond acceptors (Lipinski definition) is 2. The minimum atomic E-state index is -1.37. The van der Waals surface area contributed by atoms with Crippen molar-refractivity contribution in [2.45, 2.75) is 44.7 Å². The van der Waals surface area contributed by atoms with Gasteiger partial charge < -0.3 is 5.11 Å². The van der Waals surface area contributed by atoms with Crippen molar-refractivity contribution in [1.82, 2.24) is 4.72 Å². The molecule has 0 bridgehead atoms. The van der Waals surface area contributed by atoms with Crippen molar-refractivity contribution >= 4 is 11.0 Å². The third-order valence-corrected chi connectivity index (χ3v) is 4.45. The molecule has 0 aliphatic rings. The van der Waals surface area contributed by atoms with Crippen LogP contribution in [0, 0.1) is 0 Å². The maximum Gasteiger partial charge on any atom is 0.148 e. The molecule has 1 aromatic rings. The van der Waals surface area contributed by atoms with Gasteiger partial charge in [-0.2, -0.15) is 0 Å². The predicted octanol–water partition coefficient (Wildman–Crippen LogP) is 2.80. The molecule has 0 saturated heterocycles. The summed E-state index contributed by atoms with van der Waals surface area (Å²) in [6.45, 7) is 7.03. The van der Waals surface area contributed by atoms with Crippen LogP contribution in [0.5, 0.6) is 0 Å². The molecule has 19 heavy (non-hydrogen) atoms. The van der Waals surface area contributed by atoms with E-state index >= 15 is 0 Å². The Hall–Kier alpha value is -0.780. The van der Waals surface area contributed by atoms with E-state index in [-0.39, 0.29) is 10.8 Å². The summed E-state index contributed by atoms with van der Waals surface area (Å²) >= 11 is 0. The van der Waals surface area contributed by atoms with Gasteiger partial charge in [-0.05, 0) is 38.8 Å².